The van der Waals surface area contributed by atoms with E-state index >= 15 is 0 Å². The second-order valence-electron chi connectivity index (χ2n) is 2.73. The van der Waals surface area contributed by atoms with Gasteiger partial charge >= 0.3 is 23.1 Å². The number of halogens is 1. The Hall–Kier alpha value is 0.266. The summed E-state index contributed by atoms with van der Waals surface area (Å²) in [7, 11) is 0. The van der Waals surface area contributed by atoms with Gasteiger partial charge < -0.3 is 22.1 Å². The summed E-state index contributed by atoms with van der Waals surface area (Å²) in [6.07, 6.45) is 0. The Balaban J connectivity index is 0. The Morgan fingerprint density at radius 1 is 1.00 bits per heavy atom. The van der Waals surface area contributed by atoms with E-state index in [9.17, 15) is 5.11 Å². The minimum atomic E-state index is 0. The van der Waals surface area contributed by atoms with Gasteiger partial charge in [-0.05, 0) is 20.8 Å². The molecule has 0 saturated heterocycles. The number of hydrogen-bond acceptors (Lipinski definition) is 1. The van der Waals surface area contributed by atoms with Crippen LogP contribution in [0.1, 0.15) is 16.7 Å². The van der Waals surface area contributed by atoms with E-state index in [0.717, 1.165) is 16.7 Å². The average molecular weight is 239 g/mol. The van der Waals surface area contributed by atoms with Gasteiger partial charge in [0.2, 0.25) is 0 Å². The van der Waals surface area contributed by atoms with E-state index in [1.165, 1.54) is 0 Å². The van der Waals surface area contributed by atoms with Crippen molar-refractivity contribution in [2.45, 2.75) is 20.8 Å². The quantitative estimate of drug-likeness (QED) is 0.496. The van der Waals surface area contributed by atoms with E-state index in [4.69, 9.17) is 0 Å². The van der Waals surface area contributed by atoms with Gasteiger partial charge in [-0.1, -0.05) is 28.8 Å². The Kier molecular flexibility index (Phi) is 7.18. The van der Waals surface area contributed by atoms with Crippen LogP contribution in [0.4, 0.5) is 0 Å². The van der Waals surface area contributed by atoms with E-state index in [-0.39, 0.29) is 45.8 Å². The fraction of sp³-hybridized carbons (Fsp3) is 0.333. The van der Waals surface area contributed by atoms with Crippen molar-refractivity contribution in [3.05, 3.63) is 28.8 Å². The molecular weight excluding hydrogens is 228 g/mol. The van der Waals surface area contributed by atoms with Crippen LogP contribution >= 0.6 is 0 Å². The van der Waals surface area contributed by atoms with Crippen molar-refractivity contribution in [3.8, 4) is 5.75 Å². The van der Waals surface area contributed by atoms with Crippen LogP contribution < -0.4 is 22.1 Å². The number of aryl methyl sites for hydroxylation is 3. The van der Waals surface area contributed by atoms with Crippen LogP contribution in [0.5, 0.6) is 5.75 Å². The molecule has 0 radical (unpaired) electrons. The van der Waals surface area contributed by atoms with Crippen molar-refractivity contribution < 1.29 is 22.1 Å². The topological polar surface area (TPSA) is 23.1 Å². The summed E-state index contributed by atoms with van der Waals surface area (Å²) >= 11 is 0. The van der Waals surface area contributed by atoms with Gasteiger partial charge in [-0.2, -0.15) is 0 Å². The molecule has 62 valence electrons. The number of hydrogen-bond donors (Lipinski definition) is 0. The van der Waals surface area contributed by atoms with E-state index < -0.39 is 0 Å². The molecule has 12 heavy (non-hydrogen) atoms. The van der Waals surface area contributed by atoms with Crippen LogP contribution in [0.3, 0.4) is 0 Å². The third-order valence-corrected chi connectivity index (χ3v) is 1.60. The van der Waals surface area contributed by atoms with Crippen molar-refractivity contribution in [1.82, 2.24) is 0 Å². The third kappa shape index (κ3) is 3.33. The van der Waals surface area contributed by atoms with Crippen LogP contribution in [0.15, 0.2) is 12.1 Å². The standard InChI is InChI=1S/C9H12O.BrH.Mg/c1-6-4-7(2)9(10)8(3)5-6;;/h4-5,10H,1-3H3;1H;/q;;+2/p-2. The molecule has 0 N–H and O–H groups in total. The zero-order chi connectivity index (χ0) is 7.72. The van der Waals surface area contributed by atoms with Crippen LogP contribution in [0.25, 0.3) is 0 Å². The second kappa shape index (κ2) is 5.83. The average Bonchev–Trinajstić information content (AvgIpc) is 1.82. The first-order valence-electron chi connectivity index (χ1n) is 3.36. The molecule has 0 spiro atoms. The molecule has 0 atom stereocenters. The molecule has 0 bridgehead atoms. The summed E-state index contributed by atoms with van der Waals surface area (Å²) in [5.74, 6) is 0.172. The smallest absolute Gasteiger partial charge is 1.00 e. The molecule has 0 aliphatic heterocycles. The van der Waals surface area contributed by atoms with Gasteiger partial charge in [-0.15, -0.1) is 5.75 Å². The van der Waals surface area contributed by atoms with Gasteiger partial charge in [0, 0.05) is 0 Å². The summed E-state index contributed by atoms with van der Waals surface area (Å²) in [5.41, 5.74) is 2.85. The Labute approximate surface area is 100 Å². The van der Waals surface area contributed by atoms with E-state index in [1.54, 1.807) is 0 Å². The van der Waals surface area contributed by atoms with Crippen LogP contribution in [0.2, 0.25) is 0 Å². The van der Waals surface area contributed by atoms with Crippen LogP contribution in [-0.4, -0.2) is 23.1 Å². The minimum absolute atomic E-state index is 0. The fourth-order valence-corrected chi connectivity index (χ4v) is 1.17. The molecule has 0 fully saturated rings. The molecule has 1 aromatic carbocycles. The maximum absolute atomic E-state index is 11.1. The summed E-state index contributed by atoms with van der Waals surface area (Å²) in [6, 6.07) is 3.82. The SMILES string of the molecule is Cc1cc(C)c([O-])c(C)c1.[Br-].[Mg+2]. The molecule has 1 aromatic rings. The Morgan fingerprint density at radius 3 is 1.67 bits per heavy atom. The molecule has 0 aliphatic rings. The van der Waals surface area contributed by atoms with Gasteiger partial charge in [0.1, 0.15) is 0 Å². The molecule has 0 aliphatic carbocycles. The molecule has 0 amide bonds. The van der Waals surface area contributed by atoms with E-state index in [1.807, 2.05) is 32.9 Å². The predicted octanol–water partition coefficient (Wildman–Crippen LogP) is -1.69. The molecule has 1 nitrogen and oxygen atoms in total. The first-order valence-corrected chi connectivity index (χ1v) is 3.36. The van der Waals surface area contributed by atoms with Crippen molar-refractivity contribution >= 4 is 23.1 Å². The Bertz CT molecular complexity index is 238. The maximum atomic E-state index is 11.1. The summed E-state index contributed by atoms with van der Waals surface area (Å²) in [6.45, 7) is 5.70. The first kappa shape index (κ1) is 14.8. The summed E-state index contributed by atoms with van der Waals surface area (Å²) < 4.78 is 0. The predicted molar refractivity (Wildman–Crippen MR) is 45.9 cm³/mol. The van der Waals surface area contributed by atoms with Gasteiger partial charge in [0.05, 0.1) is 0 Å². The molecule has 0 aromatic heterocycles. The normalized spacial score (nSPS) is 8.25. The maximum Gasteiger partial charge on any atom is 2.00 e. The number of benzene rings is 1. The molecule has 0 saturated carbocycles. The molecule has 0 heterocycles. The molecule has 0 unspecified atom stereocenters. The zero-order valence-electron chi connectivity index (χ0n) is 7.65. The zero-order valence-corrected chi connectivity index (χ0v) is 10.6. The third-order valence-electron chi connectivity index (χ3n) is 1.60. The molecular formula is C9H11BrMgO. The van der Waals surface area contributed by atoms with Gasteiger partial charge in [0.15, 0.2) is 0 Å². The summed E-state index contributed by atoms with van der Waals surface area (Å²) in [5, 5.41) is 11.1. The van der Waals surface area contributed by atoms with E-state index in [2.05, 4.69) is 0 Å². The summed E-state index contributed by atoms with van der Waals surface area (Å²) in [4.78, 5) is 0. The van der Waals surface area contributed by atoms with Crippen molar-refractivity contribution in [2.24, 2.45) is 0 Å². The van der Waals surface area contributed by atoms with Gasteiger partial charge in [-0.25, -0.2) is 0 Å². The second-order valence-corrected chi connectivity index (χ2v) is 2.73. The monoisotopic (exact) mass is 238 g/mol. The van der Waals surface area contributed by atoms with Gasteiger partial charge in [-0.3, -0.25) is 0 Å². The largest absolute Gasteiger partial charge is 2.00 e. The molecule has 3 heteroatoms. The first-order chi connectivity index (χ1) is 4.61. The van der Waals surface area contributed by atoms with E-state index in [0.29, 0.717) is 0 Å². The minimum Gasteiger partial charge on any atom is -1.00 e. The number of rotatable bonds is 0. The van der Waals surface area contributed by atoms with Crippen LogP contribution in [0, 0.1) is 20.8 Å². The van der Waals surface area contributed by atoms with Gasteiger partial charge in [0.25, 0.3) is 0 Å². The fourth-order valence-electron chi connectivity index (χ4n) is 1.17. The Morgan fingerprint density at radius 2 is 1.33 bits per heavy atom. The van der Waals surface area contributed by atoms with Crippen molar-refractivity contribution in [1.29, 1.82) is 0 Å². The molecule has 1 rings (SSSR count). The van der Waals surface area contributed by atoms with Crippen molar-refractivity contribution in [2.75, 3.05) is 0 Å². The van der Waals surface area contributed by atoms with Crippen LogP contribution in [-0.2, 0) is 0 Å². The van der Waals surface area contributed by atoms with Crippen molar-refractivity contribution in [3.63, 3.8) is 0 Å².